The van der Waals surface area contributed by atoms with Gasteiger partial charge in [0.1, 0.15) is 6.61 Å². The van der Waals surface area contributed by atoms with Gasteiger partial charge in [-0.05, 0) is 31.4 Å². The van der Waals surface area contributed by atoms with E-state index in [0.29, 0.717) is 50.5 Å². The molecular weight excluding hydrogens is 372 g/mol. The summed E-state index contributed by atoms with van der Waals surface area (Å²) in [6.07, 6.45) is 2.13. The van der Waals surface area contributed by atoms with Crippen molar-refractivity contribution in [1.82, 2.24) is 9.62 Å². The van der Waals surface area contributed by atoms with E-state index in [2.05, 4.69) is 5.32 Å². The molecule has 1 saturated heterocycles. The second-order valence-corrected chi connectivity index (χ2v) is 9.02. The van der Waals surface area contributed by atoms with E-state index in [1.807, 2.05) is 12.1 Å². The first kappa shape index (κ1) is 19.9. The Bertz CT molecular complexity index is 774. The first-order chi connectivity index (χ1) is 12.8. The van der Waals surface area contributed by atoms with Crippen LogP contribution in [0.3, 0.4) is 0 Å². The summed E-state index contributed by atoms with van der Waals surface area (Å²) < 4.78 is 41.6. The average Bonchev–Trinajstić information content (AvgIpc) is 2.65. The first-order valence-corrected chi connectivity index (χ1v) is 10.8. The quantitative estimate of drug-likeness (QED) is 0.761. The topological polar surface area (TPSA) is 94.2 Å². The molecule has 3 rings (SSSR count). The third kappa shape index (κ3) is 4.72. The smallest absolute Gasteiger partial charge is 0.265 e. The third-order valence-corrected chi connectivity index (χ3v) is 6.43. The molecule has 1 unspecified atom stereocenters. The van der Waals surface area contributed by atoms with Gasteiger partial charge in [-0.15, -0.1) is 0 Å². The maximum absolute atomic E-state index is 12.8. The summed E-state index contributed by atoms with van der Waals surface area (Å²) in [4.78, 5) is 12.8. The van der Waals surface area contributed by atoms with Gasteiger partial charge in [-0.25, -0.2) is 12.7 Å². The number of piperidine rings is 1. The van der Waals surface area contributed by atoms with Crippen molar-refractivity contribution in [1.29, 1.82) is 0 Å². The predicted molar refractivity (Wildman–Crippen MR) is 99.4 cm³/mol. The standard InChI is InChI=1S/C18H26N2O6S/c1-24-12-9-18(7-10-20(11-8-18)27(2,22)23)19-17(21)16-13-25-14-5-3-4-6-15(14)26-16/h3-6,16H,7-13H2,1-2H3,(H,19,21). The number of amides is 1. The highest BCUT2D eigenvalue weighted by Gasteiger charge is 2.40. The molecule has 0 bridgehead atoms. The van der Waals surface area contributed by atoms with Gasteiger partial charge >= 0.3 is 0 Å². The molecule has 0 spiro atoms. The second-order valence-electron chi connectivity index (χ2n) is 7.04. The van der Waals surface area contributed by atoms with Crippen molar-refractivity contribution in [3.05, 3.63) is 24.3 Å². The highest BCUT2D eigenvalue weighted by Crippen LogP contribution is 2.32. The monoisotopic (exact) mass is 398 g/mol. The second kappa shape index (κ2) is 8.04. The van der Waals surface area contributed by atoms with E-state index in [4.69, 9.17) is 14.2 Å². The van der Waals surface area contributed by atoms with Crippen molar-refractivity contribution in [2.45, 2.75) is 30.9 Å². The number of hydrogen-bond acceptors (Lipinski definition) is 6. The molecular formula is C18H26N2O6S. The van der Waals surface area contributed by atoms with Crippen LogP contribution in [0.1, 0.15) is 19.3 Å². The Morgan fingerprint density at radius 3 is 2.59 bits per heavy atom. The molecule has 0 radical (unpaired) electrons. The number of hydrogen-bond donors (Lipinski definition) is 1. The summed E-state index contributed by atoms with van der Waals surface area (Å²) >= 11 is 0. The van der Waals surface area contributed by atoms with E-state index in [9.17, 15) is 13.2 Å². The van der Waals surface area contributed by atoms with E-state index in [1.54, 1.807) is 19.2 Å². The minimum Gasteiger partial charge on any atom is -0.485 e. The Balaban J connectivity index is 1.67. The fourth-order valence-corrected chi connectivity index (χ4v) is 4.32. The summed E-state index contributed by atoms with van der Waals surface area (Å²) in [5.74, 6) is 0.909. The summed E-state index contributed by atoms with van der Waals surface area (Å²) in [5.41, 5.74) is -0.519. The van der Waals surface area contributed by atoms with E-state index >= 15 is 0 Å². The molecule has 27 heavy (non-hydrogen) atoms. The van der Waals surface area contributed by atoms with Crippen LogP contribution < -0.4 is 14.8 Å². The average molecular weight is 398 g/mol. The fourth-order valence-electron chi connectivity index (χ4n) is 3.47. The Kier molecular flexibility index (Phi) is 5.92. The third-order valence-electron chi connectivity index (χ3n) is 5.12. The van der Waals surface area contributed by atoms with Crippen LogP contribution in [0.25, 0.3) is 0 Å². The van der Waals surface area contributed by atoms with Gasteiger partial charge < -0.3 is 19.5 Å². The molecule has 2 aliphatic heterocycles. The SMILES string of the molecule is COCCC1(NC(=O)C2COc3ccccc3O2)CCN(S(C)(=O)=O)CC1. The highest BCUT2D eigenvalue weighted by molar-refractivity contribution is 7.88. The van der Waals surface area contributed by atoms with Crippen molar-refractivity contribution in [3.8, 4) is 11.5 Å². The van der Waals surface area contributed by atoms with E-state index in [-0.39, 0.29) is 12.5 Å². The van der Waals surface area contributed by atoms with Gasteiger partial charge in [-0.3, -0.25) is 4.79 Å². The number of fused-ring (bicyclic) bond motifs is 1. The molecule has 0 saturated carbocycles. The lowest BCUT2D eigenvalue weighted by Crippen LogP contribution is -2.59. The largest absolute Gasteiger partial charge is 0.485 e. The van der Waals surface area contributed by atoms with Crippen molar-refractivity contribution in [2.75, 3.05) is 39.7 Å². The Morgan fingerprint density at radius 1 is 1.30 bits per heavy atom. The van der Waals surface area contributed by atoms with E-state index in [1.165, 1.54) is 10.6 Å². The maximum Gasteiger partial charge on any atom is 0.265 e. The van der Waals surface area contributed by atoms with Gasteiger partial charge in [0, 0.05) is 32.3 Å². The van der Waals surface area contributed by atoms with Gasteiger partial charge in [0.2, 0.25) is 16.1 Å². The minimum atomic E-state index is -3.23. The van der Waals surface area contributed by atoms with Gasteiger partial charge in [-0.2, -0.15) is 0 Å². The molecule has 1 amide bonds. The Morgan fingerprint density at radius 2 is 1.96 bits per heavy atom. The molecule has 0 aromatic heterocycles. The van der Waals surface area contributed by atoms with Gasteiger partial charge in [0.25, 0.3) is 5.91 Å². The zero-order chi connectivity index (χ0) is 19.5. The van der Waals surface area contributed by atoms with E-state index < -0.39 is 21.7 Å². The Hall–Kier alpha value is -1.84. The van der Waals surface area contributed by atoms with Crippen LogP contribution in [0, 0.1) is 0 Å². The minimum absolute atomic E-state index is 0.138. The number of benzene rings is 1. The Labute approximate surface area is 159 Å². The number of carbonyl (C=O) groups excluding carboxylic acids is 1. The molecule has 2 aliphatic rings. The van der Waals surface area contributed by atoms with Crippen LogP contribution >= 0.6 is 0 Å². The van der Waals surface area contributed by atoms with Crippen LogP contribution in [-0.4, -0.2) is 69.9 Å². The molecule has 1 aromatic carbocycles. The molecule has 1 N–H and O–H groups in total. The molecule has 150 valence electrons. The van der Waals surface area contributed by atoms with Crippen LogP contribution in [0.15, 0.2) is 24.3 Å². The number of para-hydroxylation sites is 2. The van der Waals surface area contributed by atoms with E-state index in [0.717, 1.165) is 0 Å². The van der Waals surface area contributed by atoms with Crippen LogP contribution in [0.4, 0.5) is 0 Å². The summed E-state index contributed by atoms with van der Waals surface area (Å²) in [6.45, 7) is 1.35. The zero-order valence-corrected chi connectivity index (χ0v) is 16.5. The predicted octanol–water partition coefficient (Wildman–Crippen LogP) is 0.773. The molecule has 8 nitrogen and oxygen atoms in total. The maximum atomic E-state index is 12.8. The summed E-state index contributed by atoms with van der Waals surface area (Å²) in [5, 5.41) is 3.09. The first-order valence-electron chi connectivity index (χ1n) is 8.98. The highest BCUT2D eigenvalue weighted by atomic mass is 32.2. The fraction of sp³-hybridized carbons (Fsp3) is 0.611. The van der Waals surface area contributed by atoms with Crippen LogP contribution in [0.5, 0.6) is 11.5 Å². The van der Waals surface area contributed by atoms with Gasteiger partial charge in [0.05, 0.1) is 6.26 Å². The number of methoxy groups -OCH3 is 1. The lowest BCUT2D eigenvalue weighted by Gasteiger charge is -2.42. The molecule has 9 heteroatoms. The van der Waals surface area contributed by atoms with Crippen LogP contribution in [-0.2, 0) is 19.6 Å². The summed E-state index contributed by atoms with van der Waals surface area (Å²) in [7, 11) is -1.63. The van der Waals surface area contributed by atoms with Crippen molar-refractivity contribution < 1.29 is 27.4 Å². The van der Waals surface area contributed by atoms with Gasteiger partial charge in [0.15, 0.2) is 11.5 Å². The number of sulfonamides is 1. The number of ether oxygens (including phenoxy) is 3. The molecule has 2 heterocycles. The molecule has 1 aromatic rings. The number of carbonyl (C=O) groups is 1. The van der Waals surface area contributed by atoms with Crippen molar-refractivity contribution >= 4 is 15.9 Å². The van der Waals surface area contributed by atoms with Crippen molar-refractivity contribution in [2.24, 2.45) is 0 Å². The molecule has 1 fully saturated rings. The number of rotatable bonds is 6. The lowest BCUT2D eigenvalue weighted by molar-refractivity contribution is -0.133. The number of nitrogens with one attached hydrogen (secondary N) is 1. The molecule has 0 aliphatic carbocycles. The number of nitrogens with zero attached hydrogens (tertiary/aromatic N) is 1. The summed E-state index contributed by atoms with van der Waals surface area (Å²) in [6, 6.07) is 7.23. The zero-order valence-electron chi connectivity index (χ0n) is 15.6. The van der Waals surface area contributed by atoms with Crippen LogP contribution in [0.2, 0.25) is 0 Å². The lowest BCUT2D eigenvalue weighted by atomic mass is 9.85. The van der Waals surface area contributed by atoms with Gasteiger partial charge in [-0.1, -0.05) is 12.1 Å². The normalized spacial score (nSPS) is 22.2. The molecule has 1 atom stereocenters. The van der Waals surface area contributed by atoms with Crippen molar-refractivity contribution in [3.63, 3.8) is 0 Å².